The molecule has 0 atom stereocenters. The molecule has 0 saturated heterocycles. The lowest BCUT2D eigenvalue weighted by Gasteiger charge is -2.03. The highest BCUT2D eigenvalue weighted by molar-refractivity contribution is 5.82. The Morgan fingerprint density at radius 1 is 1.13 bits per heavy atom. The van der Waals surface area contributed by atoms with Crippen molar-refractivity contribution in [3.8, 4) is 0 Å². The van der Waals surface area contributed by atoms with E-state index >= 15 is 0 Å². The molecule has 0 spiro atoms. The van der Waals surface area contributed by atoms with Crippen molar-refractivity contribution < 1.29 is 4.79 Å². The topological polar surface area (TPSA) is 17.1 Å². The van der Waals surface area contributed by atoms with E-state index in [0.29, 0.717) is 12.2 Å². The summed E-state index contributed by atoms with van der Waals surface area (Å²) >= 11 is 0. The van der Waals surface area contributed by atoms with E-state index in [1.165, 1.54) is 5.56 Å². The van der Waals surface area contributed by atoms with Crippen LogP contribution in [0, 0.1) is 12.8 Å². The molecule has 0 saturated carbocycles. The van der Waals surface area contributed by atoms with Crippen molar-refractivity contribution in [1.82, 2.24) is 0 Å². The summed E-state index contributed by atoms with van der Waals surface area (Å²) in [4.78, 5) is 11.4. The van der Waals surface area contributed by atoms with E-state index in [2.05, 4.69) is 0 Å². The van der Waals surface area contributed by atoms with Crippen molar-refractivity contribution in [1.29, 1.82) is 0 Å². The lowest BCUT2D eigenvalue weighted by atomic mass is 10.0. The van der Waals surface area contributed by atoms with Crippen LogP contribution < -0.4 is 0 Å². The average Bonchev–Trinajstić information content (AvgIpc) is 2.24. The van der Waals surface area contributed by atoms with Crippen LogP contribution in [0.2, 0.25) is 0 Å². The van der Waals surface area contributed by atoms with E-state index in [1.807, 2.05) is 58.9 Å². The van der Waals surface area contributed by atoms with Crippen molar-refractivity contribution in [2.45, 2.75) is 41.0 Å². The molecule has 1 heteroatoms. The van der Waals surface area contributed by atoms with Gasteiger partial charge in [-0.15, -0.1) is 0 Å². The fourth-order valence-electron chi connectivity index (χ4n) is 1.11. The van der Waals surface area contributed by atoms with Gasteiger partial charge < -0.3 is 0 Å². The molecule has 15 heavy (non-hydrogen) atoms. The molecule has 0 fully saturated rings. The first-order chi connectivity index (χ1) is 7.09. The quantitative estimate of drug-likeness (QED) is 0.735. The predicted molar refractivity (Wildman–Crippen MR) is 66.1 cm³/mol. The normalized spacial score (nSPS) is 9.47. The highest BCUT2D eigenvalue weighted by atomic mass is 16.1. The van der Waals surface area contributed by atoms with Crippen LogP contribution in [0.15, 0.2) is 24.3 Å². The highest BCUT2D eigenvalue weighted by Crippen LogP contribution is 2.07. The number of hydrogen-bond donors (Lipinski definition) is 0. The summed E-state index contributed by atoms with van der Waals surface area (Å²) in [5, 5.41) is 0. The first-order valence-corrected chi connectivity index (χ1v) is 5.68. The molecule has 0 unspecified atom stereocenters. The summed E-state index contributed by atoms with van der Waals surface area (Å²) in [5.41, 5.74) is 2.35. The third-order valence-corrected chi connectivity index (χ3v) is 2.14. The molecule has 84 valence electrons. The van der Waals surface area contributed by atoms with Gasteiger partial charge in [0.2, 0.25) is 0 Å². The molecular weight excluding hydrogens is 184 g/mol. The van der Waals surface area contributed by atoms with Crippen molar-refractivity contribution in [3.63, 3.8) is 0 Å². The maximum absolute atomic E-state index is 11.4. The van der Waals surface area contributed by atoms with Gasteiger partial charge in [0.05, 0.1) is 0 Å². The number of Topliss-reactive ketones (excluding diaryl/α,β-unsaturated/α-hetero) is 1. The Balaban J connectivity index is 0.000000921. The maximum atomic E-state index is 11.4. The van der Waals surface area contributed by atoms with E-state index in [-0.39, 0.29) is 5.92 Å². The third kappa shape index (κ3) is 5.36. The molecule has 0 aliphatic heterocycles. The molecule has 0 bridgehead atoms. The van der Waals surface area contributed by atoms with E-state index in [4.69, 9.17) is 0 Å². The highest BCUT2D eigenvalue weighted by Gasteiger charge is 2.07. The van der Waals surface area contributed by atoms with Crippen LogP contribution in [-0.4, -0.2) is 5.78 Å². The number of carbonyl (C=O) groups excluding carboxylic acids is 1. The summed E-state index contributed by atoms with van der Waals surface area (Å²) in [6, 6.07) is 8.14. The lowest BCUT2D eigenvalue weighted by molar-refractivity contribution is -0.121. The van der Waals surface area contributed by atoms with Crippen LogP contribution in [-0.2, 0) is 11.2 Å². The molecule has 0 aromatic heterocycles. The van der Waals surface area contributed by atoms with Crippen LogP contribution in [0.4, 0.5) is 0 Å². The van der Waals surface area contributed by atoms with Crippen molar-refractivity contribution in [2.24, 2.45) is 5.92 Å². The lowest BCUT2D eigenvalue weighted by Crippen LogP contribution is -2.09. The summed E-state index contributed by atoms with van der Waals surface area (Å²) in [5.74, 6) is 0.449. The molecule has 0 aliphatic carbocycles. The fraction of sp³-hybridized carbons (Fsp3) is 0.500. The van der Waals surface area contributed by atoms with Gasteiger partial charge in [0.1, 0.15) is 5.78 Å². The smallest absolute Gasteiger partial charge is 0.139 e. The van der Waals surface area contributed by atoms with Crippen molar-refractivity contribution in [3.05, 3.63) is 35.4 Å². The zero-order valence-electron chi connectivity index (χ0n) is 10.5. The monoisotopic (exact) mass is 206 g/mol. The van der Waals surface area contributed by atoms with Gasteiger partial charge in [-0.3, -0.25) is 4.79 Å². The Kier molecular flexibility index (Phi) is 6.68. The van der Waals surface area contributed by atoms with Crippen molar-refractivity contribution in [2.75, 3.05) is 0 Å². The minimum absolute atomic E-state index is 0.140. The minimum Gasteiger partial charge on any atom is -0.299 e. The second-order valence-electron chi connectivity index (χ2n) is 3.78. The van der Waals surface area contributed by atoms with Crippen LogP contribution in [0.5, 0.6) is 0 Å². The zero-order chi connectivity index (χ0) is 11.8. The van der Waals surface area contributed by atoms with Gasteiger partial charge in [-0.05, 0) is 12.5 Å². The summed E-state index contributed by atoms with van der Waals surface area (Å²) in [6.45, 7) is 9.93. The van der Waals surface area contributed by atoms with E-state index in [9.17, 15) is 4.79 Å². The first-order valence-electron chi connectivity index (χ1n) is 5.68. The van der Waals surface area contributed by atoms with Crippen LogP contribution in [0.25, 0.3) is 0 Å². The molecule has 0 N–H and O–H groups in total. The number of aryl methyl sites for hydroxylation is 1. The number of carbonyl (C=O) groups is 1. The molecule has 1 nitrogen and oxygen atoms in total. The molecule has 0 amide bonds. The molecule has 0 heterocycles. The molecule has 1 aromatic carbocycles. The van der Waals surface area contributed by atoms with Gasteiger partial charge in [0.15, 0.2) is 0 Å². The minimum atomic E-state index is 0.140. The summed E-state index contributed by atoms with van der Waals surface area (Å²) in [6.07, 6.45) is 0.567. The molecule has 0 aliphatic rings. The molecule has 1 aromatic rings. The van der Waals surface area contributed by atoms with Gasteiger partial charge in [0.25, 0.3) is 0 Å². The summed E-state index contributed by atoms with van der Waals surface area (Å²) in [7, 11) is 0. The number of rotatable bonds is 3. The van der Waals surface area contributed by atoms with E-state index in [0.717, 1.165) is 5.56 Å². The van der Waals surface area contributed by atoms with Crippen LogP contribution in [0.3, 0.4) is 0 Å². The molecular formula is C14H22O. The van der Waals surface area contributed by atoms with Crippen molar-refractivity contribution >= 4 is 5.78 Å². The Hall–Kier alpha value is -1.11. The Morgan fingerprint density at radius 3 is 2.00 bits per heavy atom. The second kappa shape index (κ2) is 7.22. The number of hydrogen-bond acceptors (Lipinski definition) is 1. The SMILES string of the molecule is CC.Cc1ccc(CC(=O)C(C)C)cc1. The van der Waals surface area contributed by atoms with E-state index < -0.39 is 0 Å². The summed E-state index contributed by atoms with van der Waals surface area (Å²) < 4.78 is 0. The molecule has 0 radical (unpaired) electrons. The predicted octanol–water partition coefficient (Wildman–Crippen LogP) is 3.79. The third-order valence-electron chi connectivity index (χ3n) is 2.14. The van der Waals surface area contributed by atoms with Crippen LogP contribution in [0.1, 0.15) is 38.8 Å². The Bertz CT molecular complexity index is 283. The fourth-order valence-corrected chi connectivity index (χ4v) is 1.11. The second-order valence-corrected chi connectivity index (χ2v) is 3.78. The average molecular weight is 206 g/mol. The Labute approximate surface area is 93.5 Å². The number of ketones is 1. The van der Waals surface area contributed by atoms with E-state index in [1.54, 1.807) is 0 Å². The van der Waals surface area contributed by atoms with Gasteiger partial charge in [0, 0.05) is 12.3 Å². The van der Waals surface area contributed by atoms with Gasteiger partial charge >= 0.3 is 0 Å². The Morgan fingerprint density at radius 2 is 1.60 bits per heavy atom. The molecule has 1 rings (SSSR count). The van der Waals surface area contributed by atoms with Gasteiger partial charge in [-0.25, -0.2) is 0 Å². The largest absolute Gasteiger partial charge is 0.299 e. The standard InChI is InChI=1S/C12H16O.C2H6/c1-9(2)12(13)8-11-6-4-10(3)5-7-11;1-2/h4-7,9H,8H2,1-3H3;1-2H3. The van der Waals surface area contributed by atoms with Gasteiger partial charge in [-0.2, -0.15) is 0 Å². The number of benzene rings is 1. The van der Waals surface area contributed by atoms with Gasteiger partial charge in [-0.1, -0.05) is 57.5 Å². The van der Waals surface area contributed by atoms with Crippen LogP contribution >= 0.6 is 0 Å². The zero-order valence-corrected chi connectivity index (χ0v) is 10.5. The maximum Gasteiger partial charge on any atom is 0.139 e. The first kappa shape index (κ1) is 13.9.